The fourth-order valence-corrected chi connectivity index (χ4v) is 9.04. The molecule has 1 saturated carbocycles. The van der Waals surface area contributed by atoms with Crippen molar-refractivity contribution in [3.8, 4) is 11.5 Å². The van der Waals surface area contributed by atoms with Crippen LogP contribution < -0.4 is 9.47 Å². The van der Waals surface area contributed by atoms with E-state index in [2.05, 4.69) is 44.8 Å². The van der Waals surface area contributed by atoms with Crippen LogP contribution in [0.5, 0.6) is 11.5 Å². The molecule has 0 bridgehead atoms. The van der Waals surface area contributed by atoms with E-state index in [-0.39, 0.29) is 22.9 Å². The number of rotatable bonds is 9. The van der Waals surface area contributed by atoms with Crippen LogP contribution in [0.15, 0.2) is 104 Å². The molecule has 4 aromatic carbocycles. The first kappa shape index (κ1) is 46.4. The molecule has 1 aliphatic heterocycles. The Hall–Kier alpha value is -4.25. The van der Waals surface area contributed by atoms with Crippen LogP contribution >= 0.6 is 31.9 Å². The van der Waals surface area contributed by atoms with Crippen LogP contribution in [0.25, 0.3) is 0 Å². The predicted octanol–water partition coefficient (Wildman–Crippen LogP) is 8.53. The van der Waals surface area contributed by atoms with Crippen LogP contribution in [-0.4, -0.2) is 84.1 Å². The first-order valence-corrected chi connectivity index (χ1v) is 23.6. The summed E-state index contributed by atoms with van der Waals surface area (Å²) in [6.45, 7) is 3.80. The Kier molecular flexibility index (Phi) is 16.1. The summed E-state index contributed by atoms with van der Waals surface area (Å²) in [4.78, 5) is 37.5. The molecule has 1 amide bonds. The maximum absolute atomic E-state index is 13.3. The van der Waals surface area contributed by atoms with E-state index in [1.54, 1.807) is 53.4 Å². The lowest BCUT2D eigenvalue weighted by molar-refractivity contribution is -0.145. The summed E-state index contributed by atoms with van der Waals surface area (Å²) in [6, 6.07) is 23.2. The molecular formula is C42H47Br2NO11S2. The molecule has 4 aromatic rings. The molecule has 0 aromatic heterocycles. The van der Waals surface area contributed by atoms with Crippen LogP contribution in [0.1, 0.15) is 83.3 Å². The second-order valence-corrected chi connectivity index (χ2v) is 20.0. The number of likely N-dealkylation sites (tertiary alicyclic amines) is 1. The van der Waals surface area contributed by atoms with E-state index >= 15 is 0 Å². The number of halogens is 2. The highest BCUT2D eigenvalue weighted by Crippen LogP contribution is 2.39. The smallest absolute Gasteiger partial charge is 0.335 e. The van der Waals surface area contributed by atoms with E-state index in [0.717, 1.165) is 21.1 Å². The Balaban J connectivity index is 0.000000221. The minimum Gasteiger partial charge on any atom is -0.496 e. The lowest BCUT2D eigenvalue weighted by Gasteiger charge is -2.25. The molecule has 2 aliphatic rings. The molecule has 16 heteroatoms. The normalized spacial score (nSPS) is 18.9. The summed E-state index contributed by atoms with van der Waals surface area (Å²) in [6.07, 6.45) is 5.94. The quantitative estimate of drug-likeness (QED) is 0.160. The number of ether oxygens (including phenoxy) is 3. The Morgan fingerprint density at radius 3 is 1.72 bits per heavy atom. The van der Waals surface area contributed by atoms with Gasteiger partial charge in [-0.3, -0.25) is 9.59 Å². The summed E-state index contributed by atoms with van der Waals surface area (Å²) in [5.74, 6) is 0.722. The van der Waals surface area contributed by atoms with E-state index in [0.29, 0.717) is 39.9 Å². The van der Waals surface area contributed by atoms with Crippen molar-refractivity contribution in [1.82, 2.24) is 4.90 Å². The third-order valence-corrected chi connectivity index (χ3v) is 13.3. The van der Waals surface area contributed by atoms with Crippen molar-refractivity contribution in [3.63, 3.8) is 0 Å². The minimum absolute atomic E-state index is 0.175. The van der Waals surface area contributed by atoms with Gasteiger partial charge >= 0.3 is 11.9 Å². The highest BCUT2D eigenvalue weighted by Gasteiger charge is 2.38. The highest BCUT2D eigenvalue weighted by atomic mass is 79.9. The fraction of sp³-hybridized carbons (Fsp3) is 0.357. The number of methoxy groups -OCH3 is 2. The molecule has 2 unspecified atom stereocenters. The zero-order chi connectivity index (χ0) is 42.9. The average Bonchev–Trinajstić information content (AvgIpc) is 3.81. The number of amides is 1. The van der Waals surface area contributed by atoms with E-state index in [9.17, 15) is 31.2 Å². The van der Waals surface area contributed by atoms with Crippen LogP contribution in [-0.2, 0) is 29.2 Å². The molecule has 58 heavy (non-hydrogen) atoms. The van der Waals surface area contributed by atoms with Gasteiger partial charge in [0.05, 0.1) is 51.1 Å². The standard InChI is InChI=1S/C21H22BrNO6S.C13H18O2S.C8H7BrO3/c1-13(24)29-16-11-19(14-5-4-6-17(9-14)30(3,26)27)23(12-16)21(25)15-7-8-18(22)20(10-15)28-2;1-10-6-7-12(8-10)11-4-3-5-13(9-11)16(2,14)15;1-12-7-4-5(8(10)11)2-3-6(7)9/h4-10,16,19H,11-12H2,1-3H3;3-5,9-10,12H,6-8H2,1-2H3;2-4H,1H3,(H,10,11)/t16?,19-;10?,12-;/m11./s1. The van der Waals surface area contributed by atoms with Crippen LogP contribution in [0.3, 0.4) is 0 Å². The molecule has 6 rings (SSSR count). The first-order chi connectivity index (χ1) is 27.2. The van der Waals surface area contributed by atoms with Crippen molar-refractivity contribution >= 4 is 69.4 Å². The number of esters is 1. The summed E-state index contributed by atoms with van der Waals surface area (Å²) >= 11 is 6.59. The predicted molar refractivity (Wildman–Crippen MR) is 227 cm³/mol. The van der Waals surface area contributed by atoms with Crippen molar-refractivity contribution in [1.29, 1.82) is 0 Å². The van der Waals surface area contributed by atoms with Gasteiger partial charge in [-0.2, -0.15) is 0 Å². The first-order valence-electron chi connectivity index (χ1n) is 18.2. The monoisotopic (exact) mass is 963 g/mol. The Bertz CT molecular complexity index is 2350. The second kappa shape index (κ2) is 20.1. The van der Waals surface area contributed by atoms with Crippen LogP contribution in [0, 0.1) is 5.92 Å². The maximum atomic E-state index is 13.3. The van der Waals surface area contributed by atoms with Crippen molar-refractivity contribution in [3.05, 3.63) is 116 Å². The maximum Gasteiger partial charge on any atom is 0.335 e. The lowest BCUT2D eigenvalue weighted by Crippen LogP contribution is -2.32. The zero-order valence-corrected chi connectivity index (χ0v) is 37.8. The SMILES string of the molecule is CC1CC[C@@H](c2cccc(S(C)(=O)=O)c2)C1.COc1cc(C(=O)N2CC(OC(C)=O)C[C@@H]2c2cccc(S(C)(=O)=O)c2)ccc1Br.COc1cc(C(=O)O)ccc1Br. The molecule has 0 spiro atoms. The molecule has 2 fully saturated rings. The Labute approximate surface area is 357 Å². The summed E-state index contributed by atoms with van der Waals surface area (Å²) in [7, 11) is -3.46. The van der Waals surface area contributed by atoms with Gasteiger partial charge in [-0.15, -0.1) is 0 Å². The topological polar surface area (TPSA) is 171 Å². The van der Waals surface area contributed by atoms with Crippen LogP contribution in [0.2, 0.25) is 0 Å². The number of nitrogens with zero attached hydrogens (tertiary/aromatic N) is 1. The third kappa shape index (κ3) is 12.6. The molecular weight excluding hydrogens is 918 g/mol. The molecule has 12 nitrogen and oxygen atoms in total. The van der Waals surface area contributed by atoms with Gasteiger partial charge in [0.25, 0.3) is 5.91 Å². The van der Waals surface area contributed by atoms with Crippen molar-refractivity contribution in [2.45, 2.75) is 67.4 Å². The number of benzene rings is 4. The third-order valence-electron chi connectivity index (χ3n) is 9.78. The van der Waals surface area contributed by atoms with E-state index in [1.165, 1.54) is 70.4 Å². The lowest BCUT2D eigenvalue weighted by atomic mass is 9.97. The molecule has 1 heterocycles. The molecule has 1 saturated heterocycles. The molecule has 1 N–H and O–H groups in total. The summed E-state index contributed by atoms with van der Waals surface area (Å²) < 4.78 is 63.9. The van der Waals surface area contributed by atoms with E-state index < -0.39 is 43.8 Å². The molecule has 4 atom stereocenters. The van der Waals surface area contributed by atoms with E-state index in [1.807, 2.05) is 12.1 Å². The minimum atomic E-state index is -3.40. The number of sulfone groups is 2. The van der Waals surface area contributed by atoms with Gasteiger partial charge in [0.15, 0.2) is 19.7 Å². The summed E-state index contributed by atoms with van der Waals surface area (Å²) in [5.41, 5.74) is 2.50. The van der Waals surface area contributed by atoms with Gasteiger partial charge in [-0.1, -0.05) is 37.6 Å². The van der Waals surface area contributed by atoms with Crippen molar-refractivity contribution in [2.75, 3.05) is 33.3 Å². The van der Waals surface area contributed by atoms with Gasteiger partial charge in [0, 0.05) is 31.4 Å². The number of carboxylic acid groups (broad SMARTS) is 1. The highest BCUT2D eigenvalue weighted by molar-refractivity contribution is 9.11. The Morgan fingerprint density at radius 1 is 0.724 bits per heavy atom. The second-order valence-electron chi connectivity index (χ2n) is 14.2. The number of hydrogen-bond acceptors (Lipinski definition) is 10. The number of hydrogen-bond donors (Lipinski definition) is 1. The van der Waals surface area contributed by atoms with Gasteiger partial charge in [-0.05, 0) is 128 Å². The molecule has 312 valence electrons. The number of carbonyl (C=O) groups excluding carboxylic acids is 2. The number of carbonyl (C=O) groups is 3. The van der Waals surface area contributed by atoms with E-state index in [4.69, 9.17) is 19.3 Å². The van der Waals surface area contributed by atoms with Gasteiger partial charge in [0.2, 0.25) is 0 Å². The molecule has 1 aliphatic carbocycles. The van der Waals surface area contributed by atoms with Gasteiger partial charge < -0.3 is 24.2 Å². The van der Waals surface area contributed by atoms with Gasteiger partial charge in [0.1, 0.15) is 17.6 Å². The number of aromatic carboxylic acids is 1. The van der Waals surface area contributed by atoms with Crippen LogP contribution in [0.4, 0.5) is 0 Å². The molecule has 0 radical (unpaired) electrons. The fourth-order valence-electron chi connectivity index (χ4n) is 6.87. The largest absolute Gasteiger partial charge is 0.496 e. The van der Waals surface area contributed by atoms with Crippen molar-refractivity contribution in [2.24, 2.45) is 5.92 Å². The summed E-state index contributed by atoms with van der Waals surface area (Å²) in [5, 5.41) is 8.62. The Morgan fingerprint density at radius 2 is 1.24 bits per heavy atom. The number of carboxylic acids is 1. The van der Waals surface area contributed by atoms with Crippen molar-refractivity contribution < 1.29 is 50.5 Å². The zero-order valence-electron chi connectivity index (χ0n) is 33.0. The van der Waals surface area contributed by atoms with Gasteiger partial charge in [-0.25, -0.2) is 21.6 Å². The average molecular weight is 966 g/mol.